The normalized spacial score (nSPS) is 21.6. The van der Waals surface area contributed by atoms with Crippen molar-refractivity contribution in [3.63, 3.8) is 0 Å². The Morgan fingerprint density at radius 1 is 1.07 bits per heavy atom. The van der Waals surface area contributed by atoms with E-state index < -0.39 is 0 Å². The predicted molar refractivity (Wildman–Crippen MR) is 116 cm³/mol. The van der Waals surface area contributed by atoms with Crippen LogP contribution in [0.3, 0.4) is 0 Å². The van der Waals surface area contributed by atoms with Gasteiger partial charge in [0, 0.05) is 44.0 Å². The molecule has 2 aliphatic rings. The number of anilines is 2. The third-order valence-electron chi connectivity index (χ3n) is 6.02. The van der Waals surface area contributed by atoms with Gasteiger partial charge in [-0.25, -0.2) is 0 Å². The highest BCUT2D eigenvalue weighted by molar-refractivity contribution is 5.97. The molecule has 0 spiro atoms. The van der Waals surface area contributed by atoms with Crippen LogP contribution in [0.25, 0.3) is 0 Å². The van der Waals surface area contributed by atoms with E-state index in [4.69, 9.17) is 0 Å². The topological polar surface area (TPSA) is 52.7 Å². The molecule has 152 valence electrons. The van der Waals surface area contributed by atoms with E-state index in [2.05, 4.69) is 41.4 Å². The van der Waals surface area contributed by atoms with E-state index in [-0.39, 0.29) is 17.7 Å². The minimum absolute atomic E-state index is 0.0666. The molecule has 0 aliphatic carbocycles. The van der Waals surface area contributed by atoms with Gasteiger partial charge in [-0.1, -0.05) is 37.3 Å². The molecule has 4 rings (SSSR count). The second-order valence-electron chi connectivity index (χ2n) is 8.35. The zero-order chi connectivity index (χ0) is 20.2. The summed E-state index contributed by atoms with van der Waals surface area (Å²) in [6.07, 6.45) is 2.34. The number of hydrogen-bond donors (Lipinski definition) is 1. The van der Waals surface area contributed by atoms with Crippen LogP contribution in [0.15, 0.2) is 54.6 Å². The van der Waals surface area contributed by atoms with Crippen molar-refractivity contribution >= 4 is 23.2 Å². The molecular weight excluding hydrogens is 362 g/mol. The average molecular weight is 392 g/mol. The van der Waals surface area contributed by atoms with Crippen molar-refractivity contribution in [3.05, 3.63) is 60.2 Å². The molecule has 29 heavy (non-hydrogen) atoms. The Hall–Kier alpha value is -2.82. The van der Waals surface area contributed by atoms with E-state index in [1.807, 2.05) is 35.2 Å². The molecule has 0 radical (unpaired) electrons. The SMILES string of the molecule is CC1CCN(c2ccc(NC(=O)C3CC(=O)N(CCc4ccccc4)C3)cc2)C1. The second kappa shape index (κ2) is 8.68. The Morgan fingerprint density at radius 3 is 2.52 bits per heavy atom. The predicted octanol–water partition coefficient (Wildman–Crippen LogP) is 3.56. The summed E-state index contributed by atoms with van der Waals surface area (Å²) in [7, 11) is 0. The number of rotatable bonds is 6. The van der Waals surface area contributed by atoms with E-state index in [9.17, 15) is 9.59 Å². The van der Waals surface area contributed by atoms with Crippen molar-refractivity contribution in [2.45, 2.75) is 26.2 Å². The van der Waals surface area contributed by atoms with Crippen LogP contribution in [0, 0.1) is 11.8 Å². The fourth-order valence-electron chi connectivity index (χ4n) is 4.24. The van der Waals surface area contributed by atoms with Crippen molar-refractivity contribution < 1.29 is 9.59 Å². The largest absolute Gasteiger partial charge is 0.371 e. The molecule has 0 aromatic heterocycles. The minimum atomic E-state index is -0.280. The molecule has 2 amide bonds. The summed E-state index contributed by atoms with van der Waals surface area (Å²) < 4.78 is 0. The smallest absolute Gasteiger partial charge is 0.229 e. The number of carbonyl (C=O) groups is 2. The molecule has 5 nitrogen and oxygen atoms in total. The van der Waals surface area contributed by atoms with Gasteiger partial charge >= 0.3 is 0 Å². The second-order valence-corrected chi connectivity index (χ2v) is 8.35. The lowest BCUT2D eigenvalue weighted by Gasteiger charge is -2.19. The van der Waals surface area contributed by atoms with E-state index >= 15 is 0 Å². The molecule has 5 heteroatoms. The number of likely N-dealkylation sites (tertiary alicyclic amines) is 1. The summed E-state index contributed by atoms with van der Waals surface area (Å²) in [4.78, 5) is 29.2. The van der Waals surface area contributed by atoms with Crippen molar-refractivity contribution in [1.29, 1.82) is 0 Å². The number of carbonyl (C=O) groups excluding carboxylic acids is 2. The van der Waals surface area contributed by atoms with Crippen LogP contribution in [-0.4, -0.2) is 42.9 Å². The summed E-state index contributed by atoms with van der Waals surface area (Å²) >= 11 is 0. The van der Waals surface area contributed by atoms with E-state index in [0.29, 0.717) is 19.5 Å². The molecule has 2 aromatic rings. The van der Waals surface area contributed by atoms with E-state index in [1.54, 1.807) is 0 Å². The van der Waals surface area contributed by atoms with Gasteiger partial charge in [0.15, 0.2) is 0 Å². The Bertz CT molecular complexity index is 850. The van der Waals surface area contributed by atoms with Gasteiger partial charge in [0.1, 0.15) is 0 Å². The highest BCUT2D eigenvalue weighted by atomic mass is 16.2. The first-order chi connectivity index (χ1) is 14.1. The van der Waals surface area contributed by atoms with Gasteiger partial charge in [-0.15, -0.1) is 0 Å². The zero-order valence-electron chi connectivity index (χ0n) is 17.0. The lowest BCUT2D eigenvalue weighted by molar-refractivity contribution is -0.128. The molecule has 2 atom stereocenters. The van der Waals surface area contributed by atoms with Gasteiger partial charge in [0.25, 0.3) is 0 Å². The number of benzene rings is 2. The molecule has 0 saturated carbocycles. The summed E-state index contributed by atoms with van der Waals surface area (Å²) in [6.45, 7) is 5.63. The standard InChI is InChI=1S/C24H29N3O2/c1-18-11-13-26(16-18)22-9-7-21(8-10-22)25-24(29)20-15-23(28)27(17-20)14-12-19-5-3-2-4-6-19/h2-10,18,20H,11-17H2,1H3,(H,25,29). The Balaban J connectivity index is 1.29. The van der Waals surface area contributed by atoms with Gasteiger partial charge in [0.2, 0.25) is 11.8 Å². The van der Waals surface area contributed by atoms with Gasteiger partial charge < -0.3 is 15.1 Å². The van der Waals surface area contributed by atoms with Gasteiger partial charge in [-0.2, -0.15) is 0 Å². The monoisotopic (exact) mass is 391 g/mol. The third-order valence-corrected chi connectivity index (χ3v) is 6.02. The number of nitrogens with one attached hydrogen (secondary N) is 1. The molecule has 2 aliphatic heterocycles. The van der Waals surface area contributed by atoms with Crippen LogP contribution in [0.1, 0.15) is 25.3 Å². The molecule has 2 heterocycles. The first kappa shape index (κ1) is 19.5. The Labute approximate surface area is 172 Å². The first-order valence-electron chi connectivity index (χ1n) is 10.6. The maximum absolute atomic E-state index is 12.7. The van der Waals surface area contributed by atoms with Crippen molar-refractivity contribution in [3.8, 4) is 0 Å². The van der Waals surface area contributed by atoms with Gasteiger partial charge in [-0.3, -0.25) is 9.59 Å². The highest BCUT2D eigenvalue weighted by Crippen LogP contribution is 2.26. The molecule has 0 bridgehead atoms. The van der Waals surface area contributed by atoms with Crippen LogP contribution in [-0.2, 0) is 16.0 Å². The lowest BCUT2D eigenvalue weighted by Crippen LogP contribution is -2.30. The summed E-state index contributed by atoms with van der Waals surface area (Å²) in [6, 6.07) is 18.2. The van der Waals surface area contributed by atoms with Crippen LogP contribution in [0.4, 0.5) is 11.4 Å². The molecule has 2 unspecified atom stereocenters. The number of hydrogen-bond acceptors (Lipinski definition) is 3. The van der Waals surface area contributed by atoms with Crippen LogP contribution in [0.5, 0.6) is 0 Å². The van der Waals surface area contributed by atoms with Crippen LogP contribution >= 0.6 is 0 Å². The van der Waals surface area contributed by atoms with E-state index in [0.717, 1.165) is 31.1 Å². The summed E-state index contributed by atoms with van der Waals surface area (Å²) in [5.74, 6) is 0.458. The van der Waals surface area contributed by atoms with Crippen molar-refractivity contribution in [2.75, 3.05) is 36.4 Å². The summed E-state index contributed by atoms with van der Waals surface area (Å²) in [5.41, 5.74) is 3.21. The quantitative estimate of drug-likeness (QED) is 0.819. The van der Waals surface area contributed by atoms with E-state index in [1.165, 1.54) is 17.7 Å². The molecule has 2 saturated heterocycles. The van der Waals surface area contributed by atoms with Crippen molar-refractivity contribution in [1.82, 2.24) is 4.90 Å². The highest BCUT2D eigenvalue weighted by Gasteiger charge is 2.34. The van der Waals surface area contributed by atoms with Gasteiger partial charge in [0.05, 0.1) is 5.92 Å². The number of nitrogens with zero attached hydrogens (tertiary/aromatic N) is 2. The minimum Gasteiger partial charge on any atom is -0.371 e. The fraction of sp³-hybridized carbons (Fsp3) is 0.417. The molecule has 1 N–H and O–H groups in total. The number of amides is 2. The Kier molecular flexibility index (Phi) is 5.84. The fourth-order valence-corrected chi connectivity index (χ4v) is 4.24. The lowest BCUT2D eigenvalue weighted by atomic mass is 10.1. The molecular formula is C24H29N3O2. The third kappa shape index (κ3) is 4.78. The van der Waals surface area contributed by atoms with Crippen LogP contribution < -0.4 is 10.2 Å². The van der Waals surface area contributed by atoms with Crippen molar-refractivity contribution in [2.24, 2.45) is 11.8 Å². The molecule has 2 aromatic carbocycles. The maximum Gasteiger partial charge on any atom is 0.229 e. The first-order valence-corrected chi connectivity index (χ1v) is 10.6. The Morgan fingerprint density at radius 2 is 1.83 bits per heavy atom. The zero-order valence-corrected chi connectivity index (χ0v) is 17.0. The maximum atomic E-state index is 12.7. The average Bonchev–Trinajstić information content (AvgIpc) is 3.33. The molecule has 2 fully saturated rings. The van der Waals surface area contributed by atoms with Crippen LogP contribution in [0.2, 0.25) is 0 Å². The van der Waals surface area contributed by atoms with Gasteiger partial charge in [-0.05, 0) is 48.6 Å². The summed E-state index contributed by atoms with van der Waals surface area (Å²) in [5, 5.41) is 2.99.